The summed E-state index contributed by atoms with van der Waals surface area (Å²) >= 11 is 0. The van der Waals surface area contributed by atoms with Crippen LogP contribution < -0.4 is 5.32 Å². The minimum Gasteiger partial charge on any atom is -0.390 e. The maximum atomic E-state index is 12.4. The van der Waals surface area contributed by atoms with Crippen LogP contribution in [0.3, 0.4) is 0 Å². The zero-order valence-corrected chi connectivity index (χ0v) is 12.4. The van der Waals surface area contributed by atoms with Gasteiger partial charge in [-0.15, -0.1) is 0 Å². The lowest BCUT2D eigenvalue weighted by Crippen LogP contribution is -2.40. The van der Waals surface area contributed by atoms with Crippen LogP contribution >= 0.6 is 0 Å². The van der Waals surface area contributed by atoms with Crippen molar-refractivity contribution in [1.82, 2.24) is 20.4 Å². The van der Waals surface area contributed by atoms with E-state index in [9.17, 15) is 18.7 Å². The van der Waals surface area contributed by atoms with Crippen LogP contribution in [0.25, 0.3) is 0 Å². The molecule has 0 bridgehead atoms. The summed E-state index contributed by atoms with van der Waals surface area (Å²) in [6.45, 7) is 2.50. The fraction of sp³-hybridized carbons (Fsp3) is 0.714. The Balaban J connectivity index is 1.74. The van der Waals surface area contributed by atoms with E-state index in [4.69, 9.17) is 0 Å². The average Bonchev–Trinajstić information content (AvgIpc) is 2.85. The summed E-state index contributed by atoms with van der Waals surface area (Å²) in [5.41, 5.74) is -0.493. The number of aromatic amines is 1. The number of nitrogens with zero attached hydrogens (tertiary/aromatic N) is 2. The number of hydrogen-bond donors (Lipinski definition) is 3. The van der Waals surface area contributed by atoms with Crippen molar-refractivity contribution in [3.63, 3.8) is 0 Å². The topological polar surface area (TPSA) is 81.2 Å². The van der Waals surface area contributed by atoms with Crippen LogP contribution in [0, 0.1) is 0 Å². The standard InChI is InChI=1S/C14H22F2N4O2/c15-13(16)11-7-12(19-18-11)14(22)17-8-10(21)9-20-5-3-1-2-4-6-20/h7,10,13,21H,1-6,8-9H2,(H,17,22)(H,18,19)/t10-/m0/s1. The number of aromatic nitrogens is 2. The highest BCUT2D eigenvalue weighted by molar-refractivity contribution is 5.92. The second-order valence-electron chi connectivity index (χ2n) is 5.59. The van der Waals surface area contributed by atoms with E-state index in [-0.39, 0.29) is 12.2 Å². The van der Waals surface area contributed by atoms with Gasteiger partial charge in [0.05, 0.1) is 6.10 Å². The molecule has 0 aliphatic carbocycles. The summed E-state index contributed by atoms with van der Waals surface area (Å²) in [5, 5.41) is 18.1. The quantitative estimate of drug-likeness (QED) is 0.739. The molecule has 1 aromatic heterocycles. The Morgan fingerprint density at radius 2 is 2.05 bits per heavy atom. The van der Waals surface area contributed by atoms with Crippen LogP contribution in [-0.4, -0.2) is 58.4 Å². The molecular formula is C14H22F2N4O2. The third kappa shape index (κ3) is 5.03. The number of β-amino-alcohol motifs (C(OH)–C–C–N with tert-alkyl or cyclic N) is 1. The van der Waals surface area contributed by atoms with Crippen molar-refractivity contribution < 1.29 is 18.7 Å². The predicted octanol–water partition coefficient (Wildman–Crippen LogP) is 1.31. The monoisotopic (exact) mass is 316 g/mol. The van der Waals surface area contributed by atoms with Crippen molar-refractivity contribution in [3.8, 4) is 0 Å². The molecule has 3 N–H and O–H groups in total. The molecular weight excluding hydrogens is 294 g/mol. The first-order valence-electron chi connectivity index (χ1n) is 7.58. The summed E-state index contributed by atoms with van der Waals surface area (Å²) in [6.07, 6.45) is 1.31. The van der Waals surface area contributed by atoms with Gasteiger partial charge in [0, 0.05) is 13.1 Å². The molecule has 8 heteroatoms. The Bertz CT molecular complexity index is 473. The molecule has 124 valence electrons. The molecule has 1 aliphatic heterocycles. The summed E-state index contributed by atoms with van der Waals surface area (Å²) in [4.78, 5) is 14.0. The first kappa shape index (κ1) is 16.8. The zero-order valence-electron chi connectivity index (χ0n) is 12.4. The minimum atomic E-state index is -2.69. The van der Waals surface area contributed by atoms with Gasteiger partial charge in [-0.3, -0.25) is 9.89 Å². The average molecular weight is 316 g/mol. The van der Waals surface area contributed by atoms with Gasteiger partial charge in [-0.05, 0) is 32.0 Å². The molecule has 2 rings (SSSR count). The van der Waals surface area contributed by atoms with Crippen molar-refractivity contribution in [2.24, 2.45) is 0 Å². The van der Waals surface area contributed by atoms with Gasteiger partial charge in [0.25, 0.3) is 12.3 Å². The van der Waals surface area contributed by atoms with Crippen LogP contribution in [0.15, 0.2) is 6.07 Å². The molecule has 2 heterocycles. The molecule has 1 amide bonds. The van der Waals surface area contributed by atoms with E-state index in [0.717, 1.165) is 32.0 Å². The first-order chi connectivity index (χ1) is 10.6. The maximum absolute atomic E-state index is 12.4. The highest BCUT2D eigenvalue weighted by Gasteiger charge is 2.18. The summed E-state index contributed by atoms with van der Waals surface area (Å²) in [6, 6.07) is 1.02. The van der Waals surface area contributed by atoms with Gasteiger partial charge in [0.2, 0.25) is 0 Å². The van der Waals surface area contributed by atoms with E-state index < -0.39 is 24.1 Å². The smallest absolute Gasteiger partial charge is 0.279 e. The molecule has 22 heavy (non-hydrogen) atoms. The summed E-state index contributed by atoms with van der Waals surface area (Å²) in [7, 11) is 0. The highest BCUT2D eigenvalue weighted by atomic mass is 19.3. The molecule has 6 nitrogen and oxygen atoms in total. The van der Waals surface area contributed by atoms with Crippen molar-refractivity contribution in [3.05, 3.63) is 17.5 Å². The molecule has 1 aromatic rings. The van der Waals surface area contributed by atoms with Crippen LogP contribution in [0.5, 0.6) is 0 Å². The lowest BCUT2D eigenvalue weighted by Gasteiger charge is -2.23. The lowest BCUT2D eigenvalue weighted by atomic mass is 10.2. The van der Waals surface area contributed by atoms with Crippen LogP contribution in [0.4, 0.5) is 8.78 Å². The Morgan fingerprint density at radius 3 is 2.64 bits per heavy atom. The van der Waals surface area contributed by atoms with Gasteiger partial charge in [-0.2, -0.15) is 5.10 Å². The van der Waals surface area contributed by atoms with Crippen LogP contribution in [-0.2, 0) is 0 Å². The number of aliphatic hydroxyl groups is 1. The maximum Gasteiger partial charge on any atom is 0.279 e. The molecule has 1 saturated heterocycles. The number of carbonyl (C=O) groups is 1. The number of nitrogens with one attached hydrogen (secondary N) is 2. The van der Waals surface area contributed by atoms with E-state index in [1.165, 1.54) is 12.8 Å². The molecule has 0 aromatic carbocycles. The fourth-order valence-corrected chi connectivity index (χ4v) is 2.55. The lowest BCUT2D eigenvalue weighted by molar-refractivity contribution is 0.0858. The third-order valence-electron chi connectivity index (χ3n) is 3.73. The van der Waals surface area contributed by atoms with Crippen molar-refractivity contribution in [2.45, 2.75) is 38.2 Å². The summed E-state index contributed by atoms with van der Waals surface area (Å²) in [5.74, 6) is -0.571. The predicted molar refractivity (Wildman–Crippen MR) is 76.8 cm³/mol. The summed E-state index contributed by atoms with van der Waals surface area (Å²) < 4.78 is 24.8. The molecule has 1 atom stereocenters. The SMILES string of the molecule is O=C(NC[C@H](O)CN1CCCCCC1)c1cc(C(F)F)[nH]n1. The van der Waals surface area contributed by atoms with Gasteiger partial charge in [-0.25, -0.2) is 8.78 Å². The third-order valence-corrected chi connectivity index (χ3v) is 3.73. The number of amides is 1. The van der Waals surface area contributed by atoms with E-state index in [2.05, 4.69) is 20.4 Å². The van der Waals surface area contributed by atoms with Gasteiger partial charge in [0.1, 0.15) is 11.4 Å². The Morgan fingerprint density at radius 1 is 1.36 bits per heavy atom. The number of aliphatic hydroxyl groups excluding tert-OH is 1. The van der Waals surface area contributed by atoms with Crippen molar-refractivity contribution in [1.29, 1.82) is 0 Å². The Labute approximate surface area is 127 Å². The van der Waals surface area contributed by atoms with Crippen molar-refractivity contribution >= 4 is 5.91 Å². The van der Waals surface area contributed by atoms with E-state index in [1.54, 1.807) is 0 Å². The number of alkyl halides is 2. The normalized spacial score (nSPS) is 18.2. The van der Waals surface area contributed by atoms with E-state index in [1.807, 2.05) is 0 Å². The molecule has 1 aliphatic rings. The van der Waals surface area contributed by atoms with E-state index >= 15 is 0 Å². The van der Waals surface area contributed by atoms with Gasteiger partial charge in [0.15, 0.2) is 0 Å². The Hall–Kier alpha value is -1.54. The second-order valence-corrected chi connectivity index (χ2v) is 5.59. The van der Waals surface area contributed by atoms with Crippen LogP contribution in [0.2, 0.25) is 0 Å². The number of carbonyl (C=O) groups excluding carboxylic acids is 1. The van der Waals surface area contributed by atoms with Gasteiger partial charge >= 0.3 is 0 Å². The van der Waals surface area contributed by atoms with Crippen LogP contribution in [0.1, 0.15) is 48.3 Å². The molecule has 0 radical (unpaired) electrons. The number of rotatable bonds is 6. The number of halogens is 2. The van der Waals surface area contributed by atoms with Gasteiger partial charge in [-0.1, -0.05) is 12.8 Å². The zero-order chi connectivity index (χ0) is 15.9. The van der Waals surface area contributed by atoms with E-state index in [0.29, 0.717) is 6.54 Å². The number of H-pyrrole nitrogens is 1. The highest BCUT2D eigenvalue weighted by Crippen LogP contribution is 2.16. The number of hydrogen-bond acceptors (Lipinski definition) is 4. The fourth-order valence-electron chi connectivity index (χ4n) is 2.55. The largest absolute Gasteiger partial charge is 0.390 e. The van der Waals surface area contributed by atoms with Crippen molar-refractivity contribution in [2.75, 3.05) is 26.2 Å². The van der Waals surface area contributed by atoms with Gasteiger partial charge < -0.3 is 15.3 Å². The second kappa shape index (κ2) is 8.19. The molecule has 0 unspecified atom stereocenters. The minimum absolute atomic E-state index is 0.0756. The molecule has 0 saturated carbocycles. The number of likely N-dealkylation sites (tertiary alicyclic amines) is 1. The molecule has 1 fully saturated rings. The Kier molecular flexibility index (Phi) is 6.26. The molecule has 0 spiro atoms. The first-order valence-corrected chi connectivity index (χ1v) is 7.58.